The highest BCUT2D eigenvalue weighted by Gasteiger charge is 2.13. The molecule has 0 saturated carbocycles. The van der Waals surface area contributed by atoms with Gasteiger partial charge in [0.1, 0.15) is 12.4 Å². The SMILES string of the molecule is CCOc1cc(C)nc(OCc2ccccc2)c1CN=[N+]=[N-]. The number of ether oxygens (including phenoxy) is 2. The summed E-state index contributed by atoms with van der Waals surface area (Å²) in [5, 5.41) is 3.61. The fraction of sp³-hybridized carbons (Fsp3) is 0.312. The molecule has 1 aromatic heterocycles. The quantitative estimate of drug-likeness (QED) is 0.437. The largest absolute Gasteiger partial charge is 0.493 e. The van der Waals surface area contributed by atoms with Gasteiger partial charge in [-0.2, -0.15) is 0 Å². The minimum absolute atomic E-state index is 0.142. The van der Waals surface area contributed by atoms with Crippen molar-refractivity contribution in [3.8, 4) is 11.6 Å². The van der Waals surface area contributed by atoms with E-state index in [-0.39, 0.29) is 6.54 Å². The van der Waals surface area contributed by atoms with Crippen molar-refractivity contribution < 1.29 is 9.47 Å². The number of azide groups is 1. The van der Waals surface area contributed by atoms with Gasteiger partial charge in [-0.05, 0) is 24.9 Å². The highest BCUT2D eigenvalue weighted by atomic mass is 16.5. The van der Waals surface area contributed by atoms with E-state index in [9.17, 15) is 0 Å². The van der Waals surface area contributed by atoms with Gasteiger partial charge in [0, 0.05) is 16.7 Å². The highest BCUT2D eigenvalue weighted by molar-refractivity contribution is 5.42. The summed E-state index contributed by atoms with van der Waals surface area (Å²) in [5.74, 6) is 1.09. The zero-order valence-corrected chi connectivity index (χ0v) is 12.7. The maximum absolute atomic E-state index is 8.56. The molecule has 0 atom stereocenters. The molecule has 0 aliphatic carbocycles. The van der Waals surface area contributed by atoms with Crippen molar-refractivity contribution in [2.45, 2.75) is 27.0 Å². The average molecular weight is 298 g/mol. The first-order valence-corrected chi connectivity index (χ1v) is 7.05. The predicted octanol–water partition coefficient (Wildman–Crippen LogP) is 4.18. The van der Waals surface area contributed by atoms with E-state index in [0.29, 0.717) is 30.4 Å². The first-order chi connectivity index (χ1) is 10.7. The minimum Gasteiger partial charge on any atom is -0.493 e. The second-order valence-electron chi connectivity index (χ2n) is 4.64. The molecule has 0 aliphatic rings. The van der Waals surface area contributed by atoms with Crippen molar-refractivity contribution in [1.29, 1.82) is 0 Å². The Morgan fingerprint density at radius 1 is 1.23 bits per heavy atom. The van der Waals surface area contributed by atoms with Crippen molar-refractivity contribution in [2.24, 2.45) is 5.11 Å². The summed E-state index contributed by atoms with van der Waals surface area (Å²) in [5.41, 5.74) is 11.1. The lowest BCUT2D eigenvalue weighted by Crippen LogP contribution is -2.05. The van der Waals surface area contributed by atoms with Gasteiger partial charge >= 0.3 is 0 Å². The molecule has 0 saturated heterocycles. The van der Waals surface area contributed by atoms with Crippen molar-refractivity contribution in [3.05, 3.63) is 63.7 Å². The molecule has 1 aromatic carbocycles. The Kier molecular flexibility index (Phi) is 5.63. The molecule has 0 fully saturated rings. The lowest BCUT2D eigenvalue weighted by atomic mass is 10.2. The minimum atomic E-state index is 0.142. The number of nitrogens with zero attached hydrogens (tertiary/aromatic N) is 4. The standard InChI is InChI=1S/C16H18N4O2/c1-3-21-15-9-12(2)19-16(14(15)10-18-20-17)22-11-13-7-5-4-6-8-13/h4-9H,3,10-11H2,1-2H3. The third kappa shape index (κ3) is 4.14. The Bertz CT molecular complexity index is 667. The van der Waals surface area contributed by atoms with Gasteiger partial charge in [0.05, 0.1) is 18.7 Å². The highest BCUT2D eigenvalue weighted by Crippen LogP contribution is 2.29. The van der Waals surface area contributed by atoms with Crippen LogP contribution < -0.4 is 9.47 Å². The number of hydrogen-bond acceptors (Lipinski definition) is 4. The molecule has 22 heavy (non-hydrogen) atoms. The van der Waals surface area contributed by atoms with Crippen LogP contribution in [-0.4, -0.2) is 11.6 Å². The van der Waals surface area contributed by atoms with E-state index < -0.39 is 0 Å². The van der Waals surface area contributed by atoms with Crippen molar-refractivity contribution in [1.82, 2.24) is 4.98 Å². The van der Waals surface area contributed by atoms with Gasteiger partial charge in [0.15, 0.2) is 0 Å². The molecule has 114 valence electrons. The number of pyridine rings is 1. The number of hydrogen-bond donors (Lipinski definition) is 0. The fourth-order valence-corrected chi connectivity index (χ4v) is 2.02. The van der Waals surface area contributed by atoms with Gasteiger partial charge in [0.2, 0.25) is 5.88 Å². The molecule has 1 heterocycles. The van der Waals surface area contributed by atoms with Gasteiger partial charge < -0.3 is 9.47 Å². The van der Waals surface area contributed by atoms with Gasteiger partial charge in [-0.1, -0.05) is 35.4 Å². The Morgan fingerprint density at radius 3 is 2.68 bits per heavy atom. The molecule has 2 rings (SSSR count). The molecule has 6 heteroatoms. The topological polar surface area (TPSA) is 80.1 Å². The number of aromatic nitrogens is 1. The van der Waals surface area contributed by atoms with E-state index in [2.05, 4.69) is 15.0 Å². The van der Waals surface area contributed by atoms with Crippen LogP contribution in [0.2, 0.25) is 0 Å². The summed E-state index contributed by atoms with van der Waals surface area (Å²) in [6, 6.07) is 11.6. The summed E-state index contributed by atoms with van der Waals surface area (Å²) < 4.78 is 11.4. The average Bonchev–Trinajstić information content (AvgIpc) is 2.53. The fourth-order valence-electron chi connectivity index (χ4n) is 2.02. The maximum atomic E-state index is 8.56. The summed E-state index contributed by atoms with van der Waals surface area (Å²) in [6.07, 6.45) is 0. The lowest BCUT2D eigenvalue weighted by molar-refractivity contribution is 0.282. The lowest BCUT2D eigenvalue weighted by Gasteiger charge is -2.14. The zero-order valence-electron chi connectivity index (χ0n) is 12.7. The van der Waals surface area contributed by atoms with Crippen molar-refractivity contribution >= 4 is 0 Å². The van der Waals surface area contributed by atoms with E-state index in [1.54, 1.807) is 0 Å². The summed E-state index contributed by atoms with van der Waals surface area (Å²) in [6.45, 7) is 4.83. The van der Waals surface area contributed by atoms with E-state index in [1.807, 2.05) is 50.2 Å². The molecule has 0 spiro atoms. The Morgan fingerprint density at radius 2 is 2.00 bits per heavy atom. The van der Waals surface area contributed by atoms with E-state index >= 15 is 0 Å². The smallest absolute Gasteiger partial charge is 0.221 e. The van der Waals surface area contributed by atoms with Gasteiger partial charge in [-0.25, -0.2) is 4.98 Å². The van der Waals surface area contributed by atoms with Crippen LogP contribution in [0.1, 0.15) is 23.7 Å². The molecule has 0 amide bonds. The van der Waals surface area contributed by atoms with Crippen LogP contribution in [0, 0.1) is 6.92 Å². The van der Waals surface area contributed by atoms with Crippen LogP contribution in [-0.2, 0) is 13.2 Å². The normalized spacial score (nSPS) is 9.91. The Balaban J connectivity index is 2.28. The monoisotopic (exact) mass is 298 g/mol. The van der Waals surface area contributed by atoms with Crippen LogP contribution in [0.3, 0.4) is 0 Å². The van der Waals surface area contributed by atoms with Crippen LogP contribution in [0.15, 0.2) is 41.5 Å². The van der Waals surface area contributed by atoms with Gasteiger partial charge in [-0.15, -0.1) is 0 Å². The molecule has 0 bridgehead atoms. The van der Waals surface area contributed by atoms with Gasteiger partial charge in [-0.3, -0.25) is 0 Å². The first kappa shape index (κ1) is 15.7. The number of aryl methyl sites for hydroxylation is 1. The van der Waals surface area contributed by atoms with E-state index in [0.717, 1.165) is 11.3 Å². The van der Waals surface area contributed by atoms with E-state index in [4.69, 9.17) is 15.0 Å². The molecule has 0 N–H and O–H groups in total. The third-order valence-electron chi connectivity index (χ3n) is 2.98. The summed E-state index contributed by atoms with van der Waals surface area (Å²) >= 11 is 0. The molecule has 2 aromatic rings. The summed E-state index contributed by atoms with van der Waals surface area (Å²) in [4.78, 5) is 7.20. The molecule has 0 unspecified atom stereocenters. The van der Waals surface area contributed by atoms with E-state index in [1.165, 1.54) is 0 Å². The molecular weight excluding hydrogens is 280 g/mol. The third-order valence-corrected chi connectivity index (χ3v) is 2.98. The van der Waals surface area contributed by atoms with Crippen LogP contribution >= 0.6 is 0 Å². The van der Waals surface area contributed by atoms with Crippen molar-refractivity contribution in [3.63, 3.8) is 0 Å². The number of benzene rings is 1. The summed E-state index contributed by atoms with van der Waals surface area (Å²) in [7, 11) is 0. The molecule has 6 nitrogen and oxygen atoms in total. The maximum Gasteiger partial charge on any atom is 0.221 e. The van der Waals surface area contributed by atoms with Crippen LogP contribution in [0.4, 0.5) is 0 Å². The first-order valence-electron chi connectivity index (χ1n) is 7.05. The molecule has 0 aliphatic heterocycles. The second kappa shape index (κ2) is 7.90. The number of rotatable bonds is 7. The zero-order chi connectivity index (χ0) is 15.8. The van der Waals surface area contributed by atoms with Crippen LogP contribution in [0.25, 0.3) is 10.4 Å². The molecule has 0 radical (unpaired) electrons. The second-order valence-corrected chi connectivity index (χ2v) is 4.64. The Hall–Kier alpha value is -2.72. The van der Waals surface area contributed by atoms with Crippen LogP contribution in [0.5, 0.6) is 11.6 Å². The predicted molar refractivity (Wildman–Crippen MR) is 83.8 cm³/mol. The van der Waals surface area contributed by atoms with Gasteiger partial charge in [0.25, 0.3) is 0 Å². The van der Waals surface area contributed by atoms with Crippen molar-refractivity contribution in [2.75, 3.05) is 6.61 Å². The molecular formula is C16H18N4O2. The Labute approximate surface area is 129 Å².